The Kier molecular flexibility index (Phi) is 27.7. The minimum absolute atomic E-state index is 0.109. The molecule has 6 aliphatic rings. The molecule has 6 rings (SSSR count). The van der Waals surface area contributed by atoms with E-state index < -0.39 is 261 Å². The van der Waals surface area contributed by atoms with Gasteiger partial charge in [-0.05, 0) is 19.8 Å². The average Bonchev–Trinajstić information content (AvgIpc) is 1.11. The number of ether oxygens (including phenoxy) is 13. The fraction of sp³-hybridized carbons (Fsp3) is 0.940. The first-order chi connectivity index (χ1) is 40.7. The first kappa shape index (κ1) is 72.3. The molecule has 0 aromatic carbocycles. The van der Waals surface area contributed by atoms with Crippen molar-refractivity contribution in [3.05, 3.63) is 0 Å². The maximum absolute atomic E-state index is 12.7. The summed E-state index contributed by atoms with van der Waals surface area (Å²) in [5.41, 5.74) is 0. The van der Waals surface area contributed by atoms with Crippen LogP contribution in [-0.2, 0) is 76.0 Å². The van der Waals surface area contributed by atoms with E-state index in [-0.39, 0.29) is 18.7 Å². The number of aliphatic hydroxyl groups is 17. The van der Waals surface area contributed by atoms with Crippen molar-refractivity contribution in [3.8, 4) is 0 Å². The predicted molar refractivity (Wildman–Crippen MR) is 274 cm³/mol. The molecule has 86 heavy (non-hydrogen) atoms. The molecule has 500 valence electrons. The summed E-state index contributed by atoms with van der Waals surface area (Å²) in [4.78, 5) is 37.4. The van der Waals surface area contributed by atoms with Crippen molar-refractivity contribution in [1.29, 1.82) is 0 Å². The second kappa shape index (κ2) is 33.0. The second-order valence-corrected chi connectivity index (χ2v) is 21.9. The van der Waals surface area contributed by atoms with Crippen molar-refractivity contribution in [2.75, 3.05) is 53.4 Å². The Balaban J connectivity index is 1.28. The lowest BCUT2D eigenvalue weighted by Gasteiger charge is -2.49. The van der Waals surface area contributed by atoms with Crippen LogP contribution in [0.1, 0.15) is 47.0 Å². The molecule has 6 fully saturated rings. The number of hydrogen-bond donors (Lipinski definition) is 20. The Morgan fingerprint density at radius 2 is 0.965 bits per heavy atom. The summed E-state index contributed by atoms with van der Waals surface area (Å²) in [5.74, 6) is -1.81. The first-order valence-electron chi connectivity index (χ1n) is 28.1. The van der Waals surface area contributed by atoms with E-state index in [0.717, 1.165) is 14.0 Å². The monoisotopic (exact) mass is 1260 g/mol. The normalized spacial score (nSPS) is 43.7. The standard InChI is InChI=1S/C50H87N3O33/c1-16-20(51-17(2)60)8-23(25(10-55)76-16)77-45-21(52-18(3)61)9-24(26(11-56)79-45)78-49-41(73)43(85-47(74-5)39(71)32(64)22(63)6-7-54)35(67)30(83-49)15-75-50-44(38(70)34(66)28(13-58)81-50)86-46-31(53-19(4)62)36(68)42(29(14-59)82-46)84-48-40(72)37(69)33(65)27(12-57)80-48/h16,20-50,54-59,63-73H,6-15H2,1-5H3,(H,51,60)(H,52,61)(H,53,62)/t16-,20?,21?,22+,23-,24-,25?,26?,27?,28?,29?,30?,31?,32?,33-,34+,35+,36?,37?,38?,39?,40?,41?,42+,43?,44?,45+,46-,47+,48-,49+,50-/m0/s1. The highest BCUT2D eigenvalue weighted by molar-refractivity contribution is 5.74. The van der Waals surface area contributed by atoms with Crippen molar-refractivity contribution in [2.45, 2.75) is 243 Å². The van der Waals surface area contributed by atoms with Crippen LogP contribution in [0.25, 0.3) is 0 Å². The highest BCUT2D eigenvalue weighted by atomic mass is 16.8. The molecule has 32 atom stereocenters. The summed E-state index contributed by atoms with van der Waals surface area (Å²) in [6.07, 6.45) is -51.7. The molecular weight excluding hydrogens is 1170 g/mol. The van der Waals surface area contributed by atoms with Gasteiger partial charge in [0.05, 0.1) is 76.1 Å². The Morgan fingerprint density at radius 3 is 1.53 bits per heavy atom. The van der Waals surface area contributed by atoms with Crippen LogP contribution in [0.15, 0.2) is 0 Å². The minimum Gasteiger partial charge on any atom is -0.396 e. The number of carbonyl (C=O) groups excluding carboxylic acids is 3. The molecule has 0 radical (unpaired) electrons. The van der Waals surface area contributed by atoms with Gasteiger partial charge in [-0.2, -0.15) is 0 Å². The Bertz CT molecular complexity index is 2080. The van der Waals surface area contributed by atoms with Gasteiger partial charge < -0.3 is 164 Å². The third-order valence-electron chi connectivity index (χ3n) is 15.7. The Labute approximate surface area is 492 Å². The van der Waals surface area contributed by atoms with E-state index in [9.17, 15) is 101 Å². The molecule has 0 aromatic heterocycles. The zero-order valence-corrected chi connectivity index (χ0v) is 47.7. The van der Waals surface area contributed by atoms with Crippen molar-refractivity contribution >= 4 is 17.7 Å². The van der Waals surface area contributed by atoms with Crippen molar-refractivity contribution in [2.24, 2.45) is 0 Å². The maximum Gasteiger partial charge on any atom is 0.217 e. The molecule has 6 heterocycles. The number of aliphatic hydroxyl groups excluding tert-OH is 17. The van der Waals surface area contributed by atoms with E-state index in [2.05, 4.69) is 16.0 Å². The fourth-order valence-corrected chi connectivity index (χ4v) is 11.0. The van der Waals surface area contributed by atoms with E-state index in [0.29, 0.717) is 0 Å². The molecule has 36 nitrogen and oxygen atoms in total. The lowest BCUT2D eigenvalue weighted by molar-refractivity contribution is -0.380. The van der Waals surface area contributed by atoms with Gasteiger partial charge in [-0.25, -0.2) is 0 Å². The van der Waals surface area contributed by atoms with Crippen LogP contribution < -0.4 is 16.0 Å². The number of hydrogen-bond acceptors (Lipinski definition) is 33. The predicted octanol–water partition coefficient (Wildman–Crippen LogP) is -12.1. The Hall–Kier alpha value is -2.79. The van der Waals surface area contributed by atoms with Crippen molar-refractivity contribution in [3.63, 3.8) is 0 Å². The lowest BCUT2D eigenvalue weighted by Crippen LogP contribution is -2.69. The summed E-state index contributed by atoms with van der Waals surface area (Å²) in [6, 6.07) is -3.48. The van der Waals surface area contributed by atoms with Crippen LogP contribution in [0.4, 0.5) is 0 Å². The molecule has 6 saturated heterocycles. The largest absolute Gasteiger partial charge is 0.396 e. The van der Waals surface area contributed by atoms with Crippen molar-refractivity contribution in [1.82, 2.24) is 16.0 Å². The molecule has 18 unspecified atom stereocenters. The maximum atomic E-state index is 12.7. The number of rotatable bonds is 27. The molecule has 0 aliphatic carbocycles. The number of amides is 3. The van der Waals surface area contributed by atoms with Crippen LogP contribution in [0.3, 0.4) is 0 Å². The zero-order chi connectivity index (χ0) is 63.6. The van der Waals surface area contributed by atoms with E-state index in [4.69, 9.17) is 61.6 Å². The first-order valence-corrected chi connectivity index (χ1v) is 28.1. The van der Waals surface area contributed by atoms with Crippen LogP contribution in [-0.4, -0.2) is 354 Å². The van der Waals surface area contributed by atoms with Crippen LogP contribution >= 0.6 is 0 Å². The van der Waals surface area contributed by atoms with Gasteiger partial charge in [-0.15, -0.1) is 0 Å². The molecule has 36 heteroatoms. The highest BCUT2D eigenvalue weighted by Crippen LogP contribution is 2.37. The number of carbonyl (C=O) groups is 3. The van der Waals surface area contributed by atoms with E-state index >= 15 is 0 Å². The van der Waals surface area contributed by atoms with Crippen LogP contribution in [0.2, 0.25) is 0 Å². The summed E-state index contributed by atoms with van der Waals surface area (Å²) in [7, 11) is 0.986. The van der Waals surface area contributed by atoms with Crippen molar-refractivity contribution < 1.29 is 163 Å². The third-order valence-corrected chi connectivity index (χ3v) is 15.7. The quantitative estimate of drug-likeness (QED) is 0.0340. The number of nitrogens with one attached hydrogen (secondary N) is 3. The summed E-state index contributed by atoms with van der Waals surface area (Å²) in [6.45, 7) is -0.611. The second-order valence-electron chi connectivity index (χ2n) is 21.9. The molecule has 3 amide bonds. The average molecular weight is 1260 g/mol. The van der Waals surface area contributed by atoms with Gasteiger partial charge >= 0.3 is 0 Å². The molecule has 0 bridgehead atoms. The summed E-state index contributed by atoms with van der Waals surface area (Å²) >= 11 is 0. The van der Waals surface area contributed by atoms with Gasteiger partial charge in [0.15, 0.2) is 37.7 Å². The van der Waals surface area contributed by atoms with E-state index in [1.165, 1.54) is 13.8 Å². The van der Waals surface area contributed by atoms with Crippen LogP contribution in [0, 0.1) is 0 Å². The SMILES string of the molecule is CO[C@H](OC1C(O)[C@H](O[C@H]2CC(NC(C)=O)[C@H](O[C@H]3CC(NC(C)=O)[C@H](C)OC3CO)OC2CO)OC(CO[C@H]2OC(CO)[C@@H](O)C(O)C2O[C@@H]2OC(CO)[C@@H](O[C@@H]3OC(CO)[C@H](O)C(O)C3O)C(O)C2NC(C)=O)[C@H]1O)C(O)C(O)[C@H](O)CCO. The number of methoxy groups -OCH3 is 1. The molecule has 0 spiro atoms. The van der Waals surface area contributed by atoms with Gasteiger partial charge in [0, 0.05) is 40.9 Å². The highest BCUT2D eigenvalue weighted by Gasteiger charge is 2.56. The topological polar surface area (TPSA) is 551 Å². The van der Waals surface area contributed by atoms with Gasteiger partial charge in [0.25, 0.3) is 0 Å². The van der Waals surface area contributed by atoms with E-state index in [1.54, 1.807) is 6.92 Å². The van der Waals surface area contributed by atoms with Gasteiger partial charge in [-0.3, -0.25) is 14.4 Å². The lowest BCUT2D eigenvalue weighted by atomic mass is 9.94. The fourth-order valence-electron chi connectivity index (χ4n) is 11.0. The minimum atomic E-state index is -2.16. The molecule has 0 saturated carbocycles. The molecular formula is C50H87N3O33. The van der Waals surface area contributed by atoms with E-state index in [1.807, 2.05) is 0 Å². The third kappa shape index (κ3) is 17.4. The zero-order valence-electron chi connectivity index (χ0n) is 47.7. The molecule has 6 aliphatic heterocycles. The van der Waals surface area contributed by atoms with Gasteiger partial charge in [0.2, 0.25) is 17.7 Å². The molecule has 0 aromatic rings. The summed E-state index contributed by atoms with van der Waals surface area (Å²) in [5, 5.41) is 191. The van der Waals surface area contributed by atoms with Gasteiger partial charge in [0.1, 0.15) is 122 Å². The smallest absolute Gasteiger partial charge is 0.217 e. The summed E-state index contributed by atoms with van der Waals surface area (Å²) < 4.78 is 77.0. The Morgan fingerprint density at radius 1 is 0.477 bits per heavy atom. The molecule has 20 N–H and O–H groups in total. The van der Waals surface area contributed by atoms with Gasteiger partial charge in [-0.1, -0.05) is 0 Å². The van der Waals surface area contributed by atoms with Crippen LogP contribution in [0.5, 0.6) is 0 Å².